The molecule has 5 heteroatoms. The average Bonchev–Trinajstić information content (AvgIpc) is 2.90. The van der Waals surface area contributed by atoms with Gasteiger partial charge in [-0.2, -0.15) is 0 Å². The zero-order valence-electron chi connectivity index (χ0n) is 11.2. The van der Waals surface area contributed by atoms with Crippen LogP contribution in [-0.2, 0) is 19.3 Å². The molecule has 0 bridgehead atoms. The van der Waals surface area contributed by atoms with Crippen molar-refractivity contribution < 1.29 is 0 Å². The summed E-state index contributed by atoms with van der Waals surface area (Å²) in [6.45, 7) is 0. The Hall–Kier alpha value is -0.940. The number of nitrogens with two attached hydrogens (primary N) is 1. The van der Waals surface area contributed by atoms with Crippen LogP contribution in [-0.4, -0.2) is 4.98 Å². The number of nitrogens with one attached hydrogen (secondary N) is 1. The molecule has 1 unspecified atom stereocenters. The molecule has 106 valence electrons. The highest BCUT2D eigenvalue weighted by Gasteiger charge is 2.19. The van der Waals surface area contributed by atoms with Crippen LogP contribution in [0, 0.1) is 0 Å². The zero-order valence-corrected chi connectivity index (χ0v) is 12.8. The van der Waals surface area contributed by atoms with Crippen LogP contribution < -0.4 is 11.3 Å². The van der Waals surface area contributed by atoms with E-state index in [1.54, 1.807) is 12.4 Å². The van der Waals surface area contributed by atoms with E-state index in [1.165, 1.54) is 41.0 Å². The fourth-order valence-electron chi connectivity index (χ4n) is 2.72. The van der Waals surface area contributed by atoms with Gasteiger partial charge in [-0.15, -0.1) is 11.3 Å². The van der Waals surface area contributed by atoms with Crippen molar-refractivity contribution in [2.45, 2.75) is 38.1 Å². The summed E-state index contributed by atoms with van der Waals surface area (Å²) in [5.41, 5.74) is 5.53. The number of fused-ring (bicyclic) bond motifs is 1. The van der Waals surface area contributed by atoms with Crippen molar-refractivity contribution in [1.82, 2.24) is 10.4 Å². The molecule has 0 aromatic carbocycles. The van der Waals surface area contributed by atoms with Gasteiger partial charge in [0.05, 0.1) is 11.1 Å². The molecule has 0 saturated heterocycles. The normalized spacial score (nSPS) is 15.9. The summed E-state index contributed by atoms with van der Waals surface area (Å²) in [6, 6.07) is 4.39. The maximum Gasteiger partial charge on any atom is 0.0622 e. The summed E-state index contributed by atoms with van der Waals surface area (Å²) >= 11 is 8.08. The monoisotopic (exact) mass is 307 g/mol. The molecule has 0 radical (unpaired) electrons. The van der Waals surface area contributed by atoms with Crippen molar-refractivity contribution in [3.8, 4) is 0 Å². The van der Waals surface area contributed by atoms with Crippen LogP contribution in [0.5, 0.6) is 0 Å². The molecule has 3 rings (SSSR count). The molecule has 1 aliphatic rings. The number of pyridine rings is 1. The van der Waals surface area contributed by atoms with E-state index in [2.05, 4.69) is 16.5 Å². The highest BCUT2D eigenvalue weighted by molar-refractivity contribution is 7.12. The lowest BCUT2D eigenvalue weighted by atomic mass is 9.98. The Balaban J connectivity index is 1.83. The molecule has 0 amide bonds. The molecule has 0 aliphatic heterocycles. The highest BCUT2D eigenvalue weighted by Crippen LogP contribution is 2.34. The molecule has 2 aromatic rings. The fourth-order valence-corrected chi connectivity index (χ4v) is 4.23. The summed E-state index contributed by atoms with van der Waals surface area (Å²) in [5, 5.41) is 0.703. The van der Waals surface area contributed by atoms with Crippen molar-refractivity contribution in [2.75, 3.05) is 0 Å². The average molecular weight is 308 g/mol. The first-order valence-electron chi connectivity index (χ1n) is 6.94. The first-order chi connectivity index (χ1) is 9.78. The number of hydrazine groups is 1. The fraction of sp³-hybridized carbons (Fsp3) is 0.400. The second-order valence-electron chi connectivity index (χ2n) is 5.19. The van der Waals surface area contributed by atoms with E-state index < -0.39 is 0 Å². The number of aromatic nitrogens is 1. The molecule has 0 saturated carbocycles. The summed E-state index contributed by atoms with van der Waals surface area (Å²) in [4.78, 5) is 6.87. The Morgan fingerprint density at radius 2 is 2.25 bits per heavy atom. The number of thiophene rings is 1. The highest BCUT2D eigenvalue weighted by atomic mass is 35.5. The van der Waals surface area contributed by atoms with E-state index in [9.17, 15) is 0 Å². The van der Waals surface area contributed by atoms with E-state index in [-0.39, 0.29) is 6.04 Å². The summed E-state index contributed by atoms with van der Waals surface area (Å²) in [6.07, 6.45) is 9.28. The minimum absolute atomic E-state index is 0.116. The first kappa shape index (κ1) is 14.0. The molecule has 0 fully saturated rings. The quantitative estimate of drug-likeness (QED) is 0.672. The number of hydrogen-bond acceptors (Lipinski definition) is 4. The van der Waals surface area contributed by atoms with Crippen molar-refractivity contribution in [3.63, 3.8) is 0 Å². The molecule has 3 nitrogen and oxygen atoms in total. The number of aryl methyl sites for hydroxylation is 2. The van der Waals surface area contributed by atoms with E-state index in [0.717, 1.165) is 12.0 Å². The van der Waals surface area contributed by atoms with Gasteiger partial charge in [0.1, 0.15) is 0 Å². The van der Waals surface area contributed by atoms with Crippen LogP contribution >= 0.6 is 22.9 Å². The minimum atomic E-state index is 0.116. The number of hydrogen-bond donors (Lipinski definition) is 2. The van der Waals surface area contributed by atoms with Gasteiger partial charge in [-0.1, -0.05) is 11.6 Å². The van der Waals surface area contributed by atoms with Gasteiger partial charge in [0.2, 0.25) is 0 Å². The second kappa shape index (κ2) is 6.22. The summed E-state index contributed by atoms with van der Waals surface area (Å²) in [7, 11) is 0. The Bertz CT molecular complexity index is 573. The van der Waals surface area contributed by atoms with Gasteiger partial charge in [0, 0.05) is 22.1 Å². The lowest BCUT2D eigenvalue weighted by Crippen LogP contribution is -2.29. The van der Waals surface area contributed by atoms with E-state index >= 15 is 0 Å². The van der Waals surface area contributed by atoms with Crippen LogP contribution in [0.25, 0.3) is 0 Å². The van der Waals surface area contributed by atoms with E-state index in [0.29, 0.717) is 5.02 Å². The van der Waals surface area contributed by atoms with Gasteiger partial charge in [0.25, 0.3) is 0 Å². The molecule has 2 heterocycles. The van der Waals surface area contributed by atoms with Gasteiger partial charge >= 0.3 is 0 Å². The third-order valence-electron chi connectivity index (χ3n) is 3.84. The summed E-state index contributed by atoms with van der Waals surface area (Å²) in [5.74, 6) is 5.76. The standard InChI is InChI=1S/C15H18ClN3S/c16-12-9-18-6-5-10(12)7-13(19-17)15-8-11-3-1-2-4-14(11)20-15/h5-6,8-9,13,19H,1-4,7,17H2. The second-order valence-corrected chi connectivity index (χ2v) is 6.77. The molecule has 20 heavy (non-hydrogen) atoms. The molecular formula is C15H18ClN3S. The van der Waals surface area contributed by atoms with Gasteiger partial charge in [-0.3, -0.25) is 16.3 Å². The molecule has 1 atom stereocenters. The van der Waals surface area contributed by atoms with Gasteiger partial charge in [-0.05, 0) is 55.4 Å². The van der Waals surface area contributed by atoms with Crippen LogP contribution in [0.3, 0.4) is 0 Å². The van der Waals surface area contributed by atoms with Crippen molar-refractivity contribution in [2.24, 2.45) is 5.84 Å². The third kappa shape index (κ3) is 2.88. The first-order valence-corrected chi connectivity index (χ1v) is 8.13. The van der Waals surface area contributed by atoms with Crippen molar-refractivity contribution in [3.05, 3.63) is 50.4 Å². The van der Waals surface area contributed by atoms with Gasteiger partial charge in [0.15, 0.2) is 0 Å². The Labute approximate surface area is 128 Å². The Morgan fingerprint density at radius 1 is 1.40 bits per heavy atom. The van der Waals surface area contributed by atoms with Gasteiger partial charge in [-0.25, -0.2) is 0 Å². The van der Waals surface area contributed by atoms with E-state index in [1.807, 2.05) is 17.4 Å². The number of rotatable bonds is 4. The van der Waals surface area contributed by atoms with Crippen molar-refractivity contribution >= 4 is 22.9 Å². The molecule has 0 spiro atoms. The van der Waals surface area contributed by atoms with E-state index in [4.69, 9.17) is 17.4 Å². The lowest BCUT2D eigenvalue weighted by molar-refractivity contribution is 0.560. The van der Waals surface area contributed by atoms with Crippen molar-refractivity contribution in [1.29, 1.82) is 0 Å². The maximum absolute atomic E-state index is 6.19. The number of nitrogens with zero attached hydrogens (tertiary/aromatic N) is 1. The number of halogens is 1. The van der Waals surface area contributed by atoms with Crippen LogP contribution in [0.1, 0.15) is 39.8 Å². The lowest BCUT2D eigenvalue weighted by Gasteiger charge is -2.15. The molecule has 2 aromatic heterocycles. The van der Waals surface area contributed by atoms with Gasteiger partial charge < -0.3 is 0 Å². The summed E-state index contributed by atoms with van der Waals surface area (Å²) < 4.78 is 0. The predicted molar refractivity (Wildman–Crippen MR) is 84.0 cm³/mol. The van der Waals surface area contributed by atoms with Crippen LogP contribution in [0.2, 0.25) is 5.02 Å². The smallest absolute Gasteiger partial charge is 0.0622 e. The molecule has 1 aliphatic carbocycles. The topological polar surface area (TPSA) is 50.9 Å². The Morgan fingerprint density at radius 3 is 3.00 bits per heavy atom. The SMILES string of the molecule is NNC(Cc1ccncc1Cl)c1cc2c(s1)CCCC2. The predicted octanol–water partition coefficient (Wildman–Crippen LogP) is 3.42. The molecule has 3 N–H and O–H groups in total. The Kier molecular flexibility index (Phi) is 4.36. The molecular weight excluding hydrogens is 290 g/mol. The maximum atomic E-state index is 6.19. The van der Waals surface area contributed by atoms with Crippen LogP contribution in [0.15, 0.2) is 24.5 Å². The third-order valence-corrected chi connectivity index (χ3v) is 5.53. The largest absolute Gasteiger partial charge is 0.271 e. The van der Waals surface area contributed by atoms with Crippen LogP contribution in [0.4, 0.5) is 0 Å². The zero-order chi connectivity index (χ0) is 13.9. The minimum Gasteiger partial charge on any atom is -0.271 e.